The number of alkyl halides is 4. The van der Waals surface area contributed by atoms with E-state index in [1.54, 1.807) is 13.2 Å². The summed E-state index contributed by atoms with van der Waals surface area (Å²) < 4.78 is 94.6. The van der Waals surface area contributed by atoms with Crippen molar-refractivity contribution >= 4 is 38.4 Å². The van der Waals surface area contributed by atoms with Crippen molar-refractivity contribution < 1.29 is 36.2 Å². The first kappa shape index (κ1) is 35.9. The highest BCUT2D eigenvalue weighted by Crippen LogP contribution is 2.46. The first-order valence-electron chi connectivity index (χ1n) is 18.7. The average Bonchev–Trinajstić information content (AvgIpc) is 3.85. The normalized spacial score (nSPS) is 24.4. The maximum absolute atomic E-state index is 17.7. The standard InChI is InChI=1S/C40H39F6N7O2/c1-3-27-30(42)9-6-22-14-26(54)15-28(31(22)27)32-34(43)36-33(29-20-50(2)49-35(29)32)37(48-38(47-36)55-21-39-10-4-12-52(39)17-23(41)16-39)51-18-24-7-8-25(19-51)53(24)13-5-11-40(44,45)46/h1,6,9,14-15,20,23-25,54H,4-5,7-8,10-13,16-19,21H2,2H3/t23-,24?,25?,39+/m1/s1. The van der Waals surface area contributed by atoms with Crippen LogP contribution in [-0.4, -0.2) is 104 Å². The van der Waals surface area contributed by atoms with E-state index in [0.29, 0.717) is 54.6 Å². The maximum Gasteiger partial charge on any atom is 0.389 e. The topological polar surface area (TPSA) is 82.8 Å². The molecule has 9 rings (SSSR count). The van der Waals surface area contributed by atoms with Crippen LogP contribution in [0.5, 0.6) is 11.8 Å². The zero-order valence-electron chi connectivity index (χ0n) is 30.1. The average molecular weight is 764 g/mol. The van der Waals surface area contributed by atoms with Gasteiger partial charge in [0.1, 0.15) is 41.2 Å². The number of halogens is 6. The number of benzene rings is 3. The number of nitrogens with zero attached hydrogens (tertiary/aromatic N) is 7. The van der Waals surface area contributed by atoms with E-state index in [-0.39, 0.29) is 70.0 Å². The number of ether oxygens (including phenoxy) is 1. The monoisotopic (exact) mass is 763 g/mol. The number of phenols is 1. The molecule has 2 bridgehead atoms. The van der Waals surface area contributed by atoms with Crippen molar-refractivity contribution in [1.82, 2.24) is 29.5 Å². The number of aryl methyl sites for hydroxylation is 1. The number of aromatic nitrogens is 4. The number of anilines is 1. The fourth-order valence-corrected chi connectivity index (χ4v) is 9.85. The first-order chi connectivity index (χ1) is 26.3. The fourth-order valence-electron chi connectivity index (χ4n) is 9.85. The Morgan fingerprint density at radius 3 is 2.58 bits per heavy atom. The van der Waals surface area contributed by atoms with Crippen molar-refractivity contribution in [2.45, 2.75) is 74.9 Å². The van der Waals surface area contributed by atoms with E-state index in [1.807, 2.05) is 4.90 Å². The molecular formula is C40H39F6N7O2. The third-order valence-electron chi connectivity index (χ3n) is 12.1. The Balaban J connectivity index is 1.21. The molecule has 15 heteroatoms. The zero-order chi connectivity index (χ0) is 38.4. The largest absolute Gasteiger partial charge is 0.508 e. The second-order valence-electron chi connectivity index (χ2n) is 15.6. The molecule has 6 heterocycles. The predicted octanol–water partition coefficient (Wildman–Crippen LogP) is 7.25. The van der Waals surface area contributed by atoms with Crippen molar-refractivity contribution in [3.63, 3.8) is 0 Å². The van der Waals surface area contributed by atoms with Crippen LogP contribution in [0.2, 0.25) is 0 Å². The van der Waals surface area contributed by atoms with Crippen LogP contribution in [0, 0.1) is 24.0 Å². The van der Waals surface area contributed by atoms with Crippen LogP contribution in [0.25, 0.3) is 43.7 Å². The lowest BCUT2D eigenvalue weighted by Crippen LogP contribution is -2.54. The highest BCUT2D eigenvalue weighted by molar-refractivity contribution is 6.18. The summed E-state index contributed by atoms with van der Waals surface area (Å²) in [6.45, 7) is 2.35. The van der Waals surface area contributed by atoms with Crippen LogP contribution in [-0.2, 0) is 7.05 Å². The van der Waals surface area contributed by atoms with Gasteiger partial charge in [-0.2, -0.15) is 28.2 Å². The first-order valence-corrected chi connectivity index (χ1v) is 18.7. The number of rotatable bonds is 8. The molecule has 4 saturated heterocycles. The number of aromatic hydroxyl groups is 1. The van der Waals surface area contributed by atoms with E-state index >= 15 is 8.78 Å². The summed E-state index contributed by atoms with van der Waals surface area (Å²) in [5.74, 6) is 1.09. The molecule has 4 fully saturated rings. The van der Waals surface area contributed by atoms with Gasteiger partial charge in [-0.3, -0.25) is 14.5 Å². The van der Waals surface area contributed by atoms with Crippen LogP contribution >= 0.6 is 0 Å². The summed E-state index contributed by atoms with van der Waals surface area (Å²) in [5.41, 5.74) is -0.450. The van der Waals surface area contributed by atoms with Gasteiger partial charge in [-0.05, 0) is 74.3 Å². The zero-order valence-corrected chi connectivity index (χ0v) is 30.1. The molecule has 3 aromatic carbocycles. The highest BCUT2D eigenvalue weighted by Gasteiger charge is 2.49. The van der Waals surface area contributed by atoms with Gasteiger partial charge in [0.05, 0.1) is 16.5 Å². The molecule has 0 saturated carbocycles. The minimum atomic E-state index is -4.23. The van der Waals surface area contributed by atoms with Crippen molar-refractivity contribution in [1.29, 1.82) is 0 Å². The quantitative estimate of drug-likeness (QED) is 0.131. The van der Waals surface area contributed by atoms with Gasteiger partial charge in [0, 0.05) is 74.1 Å². The Morgan fingerprint density at radius 1 is 1.05 bits per heavy atom. The number of hydrogen-bond donors (Lipinski definition) is 1. The molecule has 9 nitrogen and oxygen atoms in total. The van der Waals surface area contributed by atoms with Crippen molar-refractivity contribution in [2.75, 3.05) is 44.2 Å². The number of hydrogen-bond acceptors (Lipinski definition) is 8. The third-order valence-corrected chi connectivity index (χ3v) is 12.1. The summed E-state index contributed by atoms with van der Waals surface area (Å²) in [7, 11) is 1.69. The molecule has 4 atom stereocenters. The highest BCUT2D eigenvalue weighted by atomic mass is 19.4. The van der Waals surface area contributed by atoms with Crippen LogP contribution in [0.3, 0.4) is 0 Å². The number of piperazine rings is 1. The van der Waals surface area contributed by atoms with Crippen LogP contribution < -0.4 is 9.64 Å². The molecule has 288 valence electrons. The van der Waals surface area contributed by atoms with Gasteiger partial charge >= 0.3 is 12.2 Å². The molecule has 2 aromatic heterocycles. The lowest BCUT2D eigenvalue weighted by molar-refractivity contribution is -0.136. The van der Waals surface area contributed by atoms with Crippen molar-refractivity contribution in [3.05, 3.63) is 47.7 Å². The van der Waals surface area contributed by atoms with E-state index in [0.717, 1.165) is 32.2 Å². The SMILES string of the molecule is C#Cc1c(F)ccc2cc(O)cc(-c3c(F)c4nc(OC[C@@]56CCCN5C[C@H](F)C6)nc(N5CC6CCC(C5)N6CCCC(F)(F)F)c4c4cn(C)nc34)c12. The molecule has 0 amide bonds. The van der Waals surface area contributed by atoms with E-state index in [1.165, 1.54) is 28.9 Å². The lowest BCUT2D eigenvalue weighted by atomic mass is 9.91. The minimum Gasteiger partial charge on any atom is -0.508 e. The summed E-state index contributed by atoms with van der Waals surface area (Å²) in [4.78, 5) is 15.9. The molecule has 55 heavy (non-hydrogen) atoms. The van der Waals surface area contributed by atoms with Gasteiger partial charge in [0.2, 0.25) is 0 Å². The van der Waals surface area contributed by atoms with Crippen molar-refractivity contribution in [3.8, 4) is 35.2 Å². The molecule has 0 aliphatic carbocycles. The summed E-state index contributed by atoms with van der Waals surface area (Å²) in [5, 5.41) is 17.0. The van der Waals surface area contributed by atoms with E-state index in [2.05, 4.69) is 25.8 Å². The maximum atomic E-state index is 17.7. The Bertz CT molecular complexity index is 2380. The number of terminal acetylenes is 1. The van der Waals surface area contributed by atoms with Gasteiger partial charge in [0.25, 0.3) is 0 Å². The Labute approximate surface area is 312 Å². The second-order valence-corrected chi connectivity index (χ2v) is 15.6. The second kappa shape index (κ2) is 13.2. The van der Waals surface area contributed by atoms with Gasteiger partial charge in [0.15, 0.2) is 5.82 Å². The molecule has 4 aliphatic heterocycles. The minimum absolute atomic E-state index is 0.00272. The molecule has 1 N–H and O–H groups in total. The van der Waals surface area contributed by atoms with E-state index < -0.39 is 35.9 Å². The molecule has 0 spiro atoms. The van der Waals surface area contributed by atoms with Gasteiger partial charge < -0.3 is 14.7 Å². The van der Waals surface area contributed by atoms with Gasteiger partial charge in [-0.1, -0.05) is 12.0 Å². The Kier molecular flexibility index (Phi) is 8.58. The third kappa shape index (κ3) is 6.08. The summed E-state index contributed by atoms with van der Waals surface area (Å²) in [6, 6.07) is 5.22. The van der Waals surface area contributed by atoms with E-state index in [4.69, 9.17) is 16.1 Å². The fraction of sp³-hybridized carbons (Fsp3) is 0.475. The molecule has 4 aliphatic rings. The van der Waals surface area contributed by atoms with Crippen LogP contribution in [0.15, 0.2) is 30.5 Å². The summed E-state index contributed by atoms with van der Waals surface area (Å²) >= 11 is 0. The van der Waals surface area contributed by atoms with Crippen LogP contribution in [0.1, 0.15) is 50.5 Å². The Hall–Kier alpha value is -4.81. The molecule has 0 radical (unpaired) electrons. The Morgan fingerprint density at radius 2 is 1.84 bits per heavy atom. The lowest BCUT2D eigenvalue weighted by Gasteiger charge is -2.42. The van der Waals surface area contributed by atoms with Crippen molar-refractivity contribution in [2.24, 2.45) is 7.05 Å². The van der Waals surface area contributed by atoms with Gasteiger partial charge in [-0.15, -0.1) is 6.42 Å². The molecule has 5 aromatic rings. The van der Waals surface area contributed by atoms with Crippen LogP contribution in [0.4, 0.5) is 32.2 Å². The van der Waals surface area contributed by atoms with E-state index in [9.17, 15) is 22.7 Å². The predicted molar refractivity (Wildman–Crippen MR) is 196 cm³/mol. The number of fused-ring (bicyclic) bond motifs is 7. The molecular weight excluding hydrogens is 724 g/mol. The van der Waals surface area contributed by atoms with Gasteiger partial charge in [-0.25, -0.2) is 13.2 Å². The summed E-state index contributed by atoms with van der Waals surface area (Å²) in [6.07, 6.45) is 4.97. The number of phenolic OH excluding ortho intramolecular Hbond substituents is 1. The smallest absolute Gasteiger partial charge is 0.389 e. The molecule has 2 unspecified atom stereocenters.